The first-order valence-corrected chi connectivity index (χ1v) is 8.57. The second kappa shape index (κ2) is 7.43. The van der Waals surface area contributed by atoms with Crippen molar-refractivity contribution in [2.24, 2.45) is 7.05 Å². The lowest BCUT2D eigenvalue weighted by atomic mass is 10.1. The van der Waals surface area contributed by atoms with Gasteiger partial charge in [0.25, 0.3) is 11.8 Å². The first kappa shape index (κ1) is 17.7. The van der Waals surface area contributed by atoms with Crippen LogP contribution in [0.4, 0.5) is 0 Å². The highest BCUT2D eigenvalue weighted by molar-refractivity contribution is 5.98. The van der Waals surface area contributed by atoms with Crippen molar-refractivity contribution in [2.45, 2.75) is 19.4 Å². The molecule has 136 valence electrons. The minimum atomic E-state index is -0.107. The van der Waals surface area contributed by atoms with Crippen LogP contribution in [0, 0.1) is 0 Å². The number of carbonyl (C=O) groups excluding carboxylic acids is 2. The summed E-state index contributed by atoms with van der Waals surface area (Å²) in [5, 5.41) is 10.7. The van der Waals surface area contributed by atoms with E-state index in [1.807, 2.05) is 38.4 Å². The highest BCUT2D eigenvalue weighted by atomic mass is 16.2. The summed E-state index contributed by atoms with van der Waals surface area (Å²) in [5.74, 6) is -0.154. The zero-order valence-corrected chi connectivity index (χ0v) is 15.2. The quantitative estimate of drug-likeness (QED) is 0.712. The average Bonchev–Trinajstić information content (AvgIpc) is 3.27. The standard InChI is InChI=1S/C19H23N5O2/c1-13(8-9-20-18(25)17-5-4-10-23(17)2)24(3)19(26)14-6-7-16-15(11-14)12-21-22-16/h4-7,10-13H,8-9H2,1-3H3,(H,20,25)(H,21,22). The van der Waals surface area contributed by atoms with Gasteiger partial charge in [-0.15, -0.1) is 0 Å². The van der Waals surface area contributed by atoms with E-state index in [4.69, 9.17) is 0 Å². The van der Waals surface area contributed by atoms with Crippen LogP contribution < -0.4 is 5.32 Å². The Morgan fingerprint density at radius 1 is 1.35 bits per heavy atom. The number of aryl methyl sites for hydroxylation is 1. The molecule has 0 saturated carbocycles. The van der Waals surface area contributed by atoms with Gasteiger partial charge in [-0.3, -0.25) is 14.7 Å². The fourth-order valence-electron chi connectivity index (χ4n) is 2.86. The second-order valence-electron chi connectivity index (χ2n) is 6.49. The van der Waals surface area contributed by atoms with Crippen molar-refractivity contribution in [3.63, 3.8) is 0 Å². The summed E-state index contributed by atoms with van der Waals surface area (Å²) in [6.07, 6.45) is 4.21. The van der Waals surface area contributed by atoms with Crippen LogP contribution in [0.2, 0.25) is 0 Å². The van der Waals surface area contributed by atoms with E-state index in [0.717, 1.165) is 10.9 Å². The van der Waals surface area contributed by atoms with Gasteiger partial charge in [0.2, 0.25) is 0 Å². The van der Waals surface area contributed by atoms with E-state index in [-0.39, 0.29) is 17.9 Å². The zero-order valence-electron chi connectivity index (χ0n) is 15.2. The third kappa shape index (κ3) is 3.61. The Hall–Kier alpha value is -3.09. The molecule has 0 aliphatic heterocycles. The number of hydrogen-bond acceptors (Lipinski definition) is 3. The summed E-state index contributed by atoms with van der Waals surface area (Å²) >= 11 is 0. The lowest BCUT2D eigenvalue weighted by Crippen LogP contribution is -2.38. The predicted octanol–water partition coefficient (Wildman–Crippen LogP) is 2.18. The minimum Gasteiger partial charge on any atom is -0.351 e. The molecule has 0 radical (unpaired) electrons. The first-order chi connectivity index (χ1) is 12.5. The summed E-state index contributed by atoms with van der Waals surface area (Å²) in [6, 6.07) is 9.09. The summed E-state index contributed by atoms with van der Waals surface area (Å²) in [6.45, 7) is 2.48. The van der Waals surface area contributed by atoms with Crippen molar-refractivity contribution in [1.29, 1.82) is 0 Å². The molecule has 2 amide bonds. The van der Waals surface area contributed by atoms with Gasteiger partial charge in [-0.2, -0.15) is 5.10 Å². The molecule has 2 aromatic heterocycles. The van der Waals surface area contributed by atoms with Gasteiger partial charge in [-0.05, 0) is 43.7 Å². The van der Waals surface area contributed by atoms with Gasteiger partial charge in [0.05, 0.1) is 11.7 Å². The molecule has 0 spiro atoms. The summed E-state index contributed by atoms with van der Waals surface area (Å²) in [4.78, 5) is 26.5. The van der Waals surface area contributed by atoms with Crippen LogP contribution in [-0.4, -0.2) is 51.1 Å². The Morgan fingerprint density at radius 3 is 2.88 bits per heavy atom. The maximum atomic E-state index is 12.7. The Labute approximate surface area is 152 Å². The summed E-state index contributed by atoms with van der Waals surface area (Å²) in [5.41, 5.74) is 2.15. The summed E-state index contributed by atoms with van der Waals surface area (Å²) < 4.78 is 1.78. The topological polar surface area (TPSA) is 83.0 Å². The lowest BCUT2D eigenvalue weighted by molar-refractivity contribution is 0.0737. The fraction of sp³-hybridized carbons (Fsp3) is 0.316. The van der Waals surface area contributed by atoms with Crippen LogP contribution in [0.5, 0.6) is 0 Å². The van der Waals surface area contributed by atoms with E-state index in [1.165, 1.54) is 0 Å². The van der Waals surface area contributed by atoms with Gasteiger partial charge in [-0.1, -0.05) is 0 Å². The van der Waals surface area contributed by atoms with Crippen molar-refractivity contribution in [2.75, 3.05) is 13.6 Å². The molecule has 1 aromatic carbocycles. The second-order valence-corrected chi connectivity index (χ2v) is 6.49. The van der Waals surface area contributed by atoms with Crippen LogP contribution in [0.25, 0.3) is 10.9 Å². The van der Waals surface area contributed by atoms with Gasteiger partial charge in [-0.25, -0.2) is 0 Å². The molecule has 3 rings (SSSR count). The van der Waals surface area contributed by atoms with Crippen molar-refractivity contribution >= 4 is 22.7 Å². The van der Waals surface area contributed by atoms with Gasteiger partial charge in [0.15, 0.2) is 0 Å². The van der Waals surface area contributed by atoms with E-state index in [9.17, 15) is 9.59 Å². The molecule has 7 nitrogen and oxygen atoms in total. The smallest absolute Gasteiger partial charge is 0.267 e. The number of aromatic nitrogens is 3. The highest BCUT2D eigenvalue weighted by Crippen LogP contribution is 2.15. The molecular formula is C19H23N5O2. The Bertz CT molecular complexity index is 927. The molecular weight excluding hydrogens is 330 g/mol. The molecule has 0 aliphatic rings. The lowest BCUT2D eigenvalue weighted by Gasteiger charge is -2.25. The van der Waals surface area contributed by atoms with Crippen LogP contribution >= 0.6 is 0 Å². The Morgan fingerprint density at radius 2 is 2.15 bits per heavy atom. The van der Waals surface area contributed by atoms with E-state index in [2.05, 4.69) is 15.5 Å². The first-order valence-electron chi connectivity index (χ1n) is 8.57. The number of fused-ring (bicyclic) bond motifs is 1. The van der Waals surface area contributed by atoms with Gasteiger partial charge in [0, 0.05) is 43.8 Å². The molecule has 26 heavy (non-hydrogen) atoms. The van der Waals surface area contributed by atoms with Crippen LogP contribution in [-0.2, 0) is 7.05 Å². The van der Waals surface area contributed by atoms with Crippen molar-refractivity contribution in [1.82, 2.24) is 25.0 Å². The third-order valence-corrected chi connectivity index (χ3v) is 4.69. The summed E-state index contributed by atoms with van der Waals surface area (Å²) in [7, 11) is 3.62. The van der Waals surface area contributed by atoms with E-state index in [0.29, 0.717) is 24.2 Å². The molecule has 0 aliphatic carbocycles. The molecule has 7 heteroatoms. The van der Waals surface area contributed by atoms with Crippen molar-refractivity contribution < 1.29 is 9.59 Å². The molecule has 1 unspecified atom stereocenters. The minimum absolute atomic E-state index is 0.00346. The van der Waals surface area contributed by atoms with Gasteiger partial charge >= 0.3 is 0 Å². The number of H-pyrrole nitrogens is 1. The predicted molar refractivity (Wildman–Crippen MR) is 100 cm³/mol. The van der Waals surface area contributed by atoms with Crippen molar-refractivity contribution in [3.8, 4) is 0 Å². The number of amides is 2. The zero-order chi connectivity index (χ0) is 18.7. The average molecular weight is 353 g/mol. The maximum absolute atomic E-state index is 12.7. The van der Waals surface area contributed by atoms with Crippen LogP contribution in [0.3, 0.4) is 0 Å². The number of hydrogen-bond donors (Lipinski definition) is 2. The third-order valence-electron chi connectivity index (χ3n) is 4.69. The molecule has 0 bridgehead atoms. The van der Waals surface area contributed by atoms with Crippen LogP contribution in [0.1, 0.15) is 34.2 Å². The number of rotatable bonds is 6. The molecule has 2 N–H and O–H groups in total. The number of nitrogens with zero attached hydrogens (tertiary/aromatic N) is 3. The molecule has 1 atom stereocenters. The highest BCUT2D eigenvalue weighted by Gasteiger charge is 2.18. The number of nitrogens with one attached hydrogen (secondary N) is 2. The van der Waals surface area contributed by atoms with Crippen molar-refractivity contribution in [3.05, 3.63) is 54.0 Å². The SMILES string of the molecule is CC(CCNC(=O)c1cccn1C)N(C)C(=O)c1ccc2[nH]ncc2c1. The Kier molecular flexibility index (Phi) is 5.06. The van der Waals surface area contributed by atoms with Gasteiger partial charge < -0.3 is 14.8 Å². The molecule has 0 fully saturated rings. The molecule has 0 saturated heterocycles. The van der Waals surface area contributed by atoms with Gasteiger partial charge in [0.1, 0.15) is 5.69 Å². The van der Waals surface area contributed by atoms with E-state index < -0.39 is 0 Å². The number of carbonyl (C=O) groups is 2. The Balaban J connectivity index is 1.55. The number of aromatic amines is 1. The van der Waals surface area contributed by atoms with Crippen LogP contribution in [0.15, 0.2) is 42.7 Å². The molecule has 3 aromatic rings. The maximum Gasteiger partial charge on any atom is 0.267 e. The molecule has 2 heterocycles. The van der Waals surface area contributed by atoms with E-state index >= 15 is 0 Å². The normalized spacial score (nSPS) is 12.1. The number of benzene rings is 1. The van der Waals surface area contributed by atoms with E-state index in [1.54, 1.807) is 34.8 Å². The largest absolute Gasteiger partial charge is 0.351 e. The fourth-order valence-corrected chi connectivity index (χ4v) is 2.86. The monoisotopic (exact) mass is 353 g/mol.